The zero-order valence-electron chi connectivity index (χ0n) is 18.0. The predicted molar refractivity (Wildman–Crippen MR) is 113 cm³/mol. The fraction of sp³-hybridized carbons (Fsp3) is 0.391. The van der Waals surface area contributed by atoms with Crippen molar-refractivity contribution in [1.82, 2.24) is 9.55 Å². The van der Waals surface area contributed by atoms with Crippen LogP contribution in [0, 0.1) is 0 Å². The van der Waals surface area contributed by atoms with Gasteiger partial charge in [-0.25, -0.2) is 9.78 Å². The second-order valence-electron chi connectivity index (χ2n) is 7.97. The molecule has 2 aliphatic heterocycles. The van der Waals surface area contributed by atoms with E-state index < -0.39 is 17.7 Å². The van der Waals surface area contributed by atoms with Crippen molar-refractivity contribution in [3.05, 3.63) is 53.8 Å². The number of imidazole rings is 1. The van der Waals surface area contributed by atoms with Crippen LogP contribution in [0.25, 0.3) is 5.57 Å². The van der Waals surface area contributed by atoms with Crippen molar-refractivity contribution in [3.63, 3.8) is 0 Å². The van der Waals surface area contributed by atoms with E-state index in [1.165, 1.54) is 0 Å². The molecule has 0 fully saturated rings. The molecule has 0 aliphatic carbocycles. The molecule has 8 nitrogen and oxygen atoms in total. The van der Waals surface area contributed by atoms with E-state index in [0.29, 0.717) is 30.2 Å². The second kappa shape index (κ2) is 8.11. The van der Waals surface area contributed by atoms with Gasteiger partial charge >= 0.3 is 5.97 Å². The quantitative estimate of drug-likeness (QED) is 0.710. The van der Waals surface area contributed by atoms with Gasteiger partial charge in [-0.1, -0.05) is 6.08 Å². The number of fused-ring (bicyclic) bond motifs is 2. The molecule has 2 aromatic rings. The number of hydrogen-bond donors (Lipinski definition) is 1. The number of ether oxygens (including phenoxy) is 4. The van der Waals surface area contributed by atoms with Crippen LogP contribution in [0.3, 0.4) is 0 Å². The smallest absolute Gasteiger partial charge is 0.374 e. The maximum absolute atomic E-state index is 12.4. The molecule has 0 saturated carbocycles. The Morgan fingerprint density at radius 1 is 1.42 bits per heavy atom. The van der Waals surface area contributed by atoms with Crippen LogP contribution in [-0.2, 0) is 22.5 Å². The lowest BCUT2D eigenvalue weighted by Gasteiger charge is -2.24. The molecule has 0 spiro atoms. The summed E-state index contributed by atoms with van der Waals surface area (Å²) in [5.41, 5.74) is 1.33. The second-order valence-corrected chi connectivity index (χ2v) is 7.97. The first kappa shape index (κ1) is 21.0. The molecule has 0 radical (unpaired) electrons. The Hall–Kier alpha value is -3.26. The lowest BCUT2D eigenvalue weighted by atomic mass is 9.92. The van der Waals surface area contributed by atoms with Gasteiger partial charge in [-0.2, -0.15) is 0 Å². The minimum Gasteiger partial charge on any atom is -0.496 e. The van der Waals surface area contributed by atoms with E-state index in [1.807, 2.05) is 16.8 Å². The lowest BCUT2D eigenvalue weighted by molar-refractivity contribution is -0.141. The molecule has 8 heteroatoms. The third kappa shape index (κ3) is 4.03. The van der Waals surface area contributed by atoms with Crippen molar-refractivity contribution in [2.45, 2.75) is 45.4 Å². The van der Waals surface area contributed by atoms with Crippen molar-refractivity contribution in [1.29, 1.82) is 0 Å². The number of aromatic nitrogens is 2. The molecule has 1 atom stereocenters. The van der Waals surface area contributed by atoms with Gasteiger partial charge in [0.15, 0.2) is 0 Å². The number of carbonyl (C=O) groups excluding carboxylic acids is 1. The Bertz CT molecular complexity index is 1050. The largest absolute Gasteiger partial charge is 0.496 e. The van der Waals surface area contributed by atoms with Crippen molar-refractivity contribution >= 4 is 11.5 Å². The van der Waals surface area contributed by atoms with Gasteiger partial charge in [-0.05, 0) is 32.4 Å². The number of rotatable bonds is 6. The van der Waals surface area contributed by atoms with Gasteiger partial charge in [0.1, 0.15) is 23.4 Å². The van der Waals surface area contributed by atoms with E-state index in [1.54, 1.807) is 52.5 Å². The molecule has 4 rings (SSSR count). The molecule has 1 aromatic carbocycles. The maximum Gasteiger partial charge on any atom is 0.374 e. The van der Waals surface area contributed by atoms with E-state index in [2.05, 4.69) is 4.98 Å². The van der Waals surface area contributed by atoms with Crippen LogP contribution in [-0.4, -0.2) is 46.0 Å². The molecule has 0 saturated heterocycles. The molecule has 31 heavy (non-hydrogen) atoms. The summed E-state index contributed by atoms with van der Waals surface area (Å²) in [6.07, 6.45) is 8.99. The highest BCUT2D eigenvalue weighted by Crippen LogP contribution is 2.50. The first-order chi connectivity index (χ1) is 14.8. The highest BCUT2D eigenvalue weighted by Gasteiger charge is 2.39. The monoisotopic (exact) mass is 426 g/mol. The van der Waals surface area contributed by atoms with Crippen molar-refractivity contribution in [2.24, 2.45) is 0 Å². The fourth-order valence-electron chi connectivity index (χ4n) is 3.73. The van der Waals surface area contributed by atoms with Gasteiger partial charge in [-0.3, -0.25) is 0 Å². The summed E-state index contributed by atoms with van der Waals surface area (Å²) in [4.78, 5) is 16.5. The molecule has 1 unspecified atom stereocenters. The Morgan fingerprint density at radius 2 is 2.23 bits per heavy atom. The van der Waals surface area contributed by atoms with Crippen LogP contribution in [0.4, 0.5) is 0 Å². The van der Waals surface area contributed by atoms with Gasteiger partial charge < -0.3 is 28.6 Å². The summed E-state index contributed by atoms with van der Waals surface area (Å²) < 4.78 is 24.7. The number of hydrogen-bond acceptors (Lipinski definition) is 7. The standard InChI is InChI=1S/C23H26N2O6/c1-5-29-22(26)18-10-14(6-8-25-9-7-24-13-25)20-17(30-18)12-16-15(21(20)28-4)11-19(31-16)23(2,3)27/h6-7,9-10,12-13,19,27H,5,8,11H2,1-4H3. The Labute approximate surface area is 180 Å². The Kier molecular flexibility index (Phi) is 5.49. The average molecular weight is 426 g/mol. The third-order valence-electron chi connectivity index (χ3n) is 5.31. The number of nitrogens with zero attached hydrogens (tertiary/aromatic N) is 2. The van der Waals surface area contributed by atoms with Crippen LogP contribution in [0.5, 0.6) is 17.2 Å². The number of esters is 1. The molecule has 1 aromatic heterocycles. The highest BCUT2D eigenvalue weighted by molar-refractivity contribution is 5.95. The number of allylic oxidation sites excluding steroid dienone is 3. The topological polar surface area (TPSA) is 92.0 Å². The zero-order valence-corrected chi connectivity index (χ0v) is 18.0. The molecule has 164 valence electrons. The average Bonchev–Trinajstić information content (AvgIpc) is 3.39. The van der Waals surface area contributed by atoms with Crippen molar-refractivity contribution in [2.75, 3.05) is 13.7 Å². The van der Waals surface area contributed by atoms with E-state index in [4.69, 9.17) is 18.9 Å². The van der Waals surface area contributed by atoms with Gasteiger partial charge in [0.2, 0.25) is 5.76 Å². The van der Waals surface area contributed by atoms with Gasteiger partial charge in [0.05, 0.1) is 31.2 Å². The maximum atomic E-state index is 12.4. The number of benzene rings is 1. The molecule has 0 bridgehead atoms. The molecular formula is C23H26N2O6. The molecule has 2 aliphatic rings. The van der Waals surface area contributed by atoms with Crippen molar-refractivity contribution < 1.29 is 28.8 Å². The fourth-order valence-corrected chi connectivity index (χ4v) is 3.73. The summed E-state index contributed by atoms with van der Waals surface area (Å²) >= 11 is 0. The van der Waals surface area contributed by atoms with Crippen LogP contribution >= 0.6 is 0 Å². The minimum absolute atomic E-state index is 0.0882. The summed E-state index contributed by atoms with van der Waals surface area (Å²) in [5.74, 6) is 1.16. The Morgan fingerprint density at radius 3 is 2.87 bits per heavy atom. The normalized spacial score (nSPS) is 18.5. The van der Waals surface area contributed by atoms with E-state index in [-0.39, 0.29) is 12.4 Å². The summed E-state index contributed by atoms with van der Waals surface area (Å²) in [6.45, 7) is 5.95. The summed E-state index contributed by atoms with van der Waals surface area (Å²) in [7, 11) is 1.59. The number of aliphatic hydroxyl groups is 1. The molecular weight excluding hydrogens is 400 g/mol. The third-order valence-corrected chi connectivity index (χ3v) is 5.31. The molecule has 0 amide bonds. The van der Waals surface area contributed by atoms with E-state index in [0.717, 1.165) is 16.7 Å². The lowest BCUT2D eigenvalue weighted by Crippen LogP contribution is -2.39. The van der Waals surface area contributed by atoms with E-state index >= 15 is 0 Å². The van der Waals surface area contributed by atoms with Crippen molar-refractivity contribution in [3.8, 4) is 17.2 Å². The van der Waals surface area contributed by atoms with Crippen LogP contribution in [0.1, 0.15) is 31.9 Å². The SMILES string of the molecule is CCOC(=O)C1=CC(=CCn2ccnc2)c2c(cc3c(c2OC)CC(C(C)(C)O)O3)O1. The zero-order chi connectivity index (χ0) is 22.2. The number of carbonyl (C=O) groups is 1. The summed E-state index contributed by atoms with van der Waals surface area (Å²) in [6, 6.07) is 1.75. The summed E-state index contributed by atoms with van der Waals surface area (Å²) in [5, 5.41) is 10.4. The van der Waals surface area contributed by atoms with Gasteiger partial charge in [0, 0.05) is 37.0 Å². The van der Waals surface area contributed by atoms with Gasteiger partial charge in [0.25, 0.3) is 0 Å². The predicted octanol–water partition coefficient (Wildman–Crippen LogP) is 2.89. The van der Waals surface area contributed by atoms with Crippen LogP contribution < -0.4 is 14.2 Å². The first-order valence-corrected chi connectivity index (χ1v) is 10.2. The van der Waals surface area contributed by atoms with Gasteiger partial charge in [-0.15, -0.1) is 0 Å². The van der Waals surface area contributed by atoms with E-state index in [9.17, 15) is 9.90 Å². The minimum atomic E-state index is -1.03. The number of methoxy groups -OCH3 is 1. The molecule has 1 N–H and O–H groups in total. The molecule has 3 heterocycles. The Balaban J connectivity index is 1.81. The van der Waals surface area contributed by atoms with Crippen LogP contribution in [0.2, 0.25) is 0 Å². The van der Waals surface area contributed by atoms with Crippen LogP contribution in [0.15, 0.2) is 42.7 Å². The first-order valence-electron chi connectivity index (χ1n) is 10.2. The highest BCUT2D eigenvalue weighted by atomic mass is 16.6.